The number of carbonyl (C=O) groups is 5. The molecule has 0 bridgehead atoms. The molecule has 270 valence electrons. The molecule has 2 fully saturated rings. The number of benzene rings is 2. The summed E-state index contributed by atoms with van der Waals surface area (Å²) >= 11 is 0. The van der Waals surface area contributed by atoms with Crippen molar-refractivity contribution < 1.29 is 52.8 Å². The Kier molecular flexibility index (Phi) is 15.6. The average Bonchev–Trinajstić information content (AvgIpc) is 3.53. The maximum atomic E-state index is 12.2. The smallest absolute Gasteiger partial charge is 0.308 e. The number of phenolic OH excluding ortho intramolecular Hbond substituents is 1. The molecule has 11 heteroatoms. The fraction of sp³-hybridized carbons (Fsp3) is 0.462. The predicted molar refractivity (Wildman–Crippen MR) is 184 cm³/mol. The van der Waals surface area contributed by atoms with Crippen molar-refractivity contribution >= 4 is 30.5 Å². The Bertz CT molecular complexity index is 1510. The lowest BCUT2D eigenvalue weighted by molar-refractivity contribution is -0.151. The van der Waals surface area contributed by atoms with Gasteiger partial charge in [0.15, 0.2) is 5.79 Å². The fourth-order valence-corrected chi connectivity index (χ4v) is 6.03. The highest BCUT2D eigenvalue weighted by Gasteiger charge is 2.50. The van der Waals surface area contributed by atoms with Gasteiger partial charge in [0.1, 0.15) is 30.2 Å². The van der Waals surface area contributed by atoms with Gasteiger partial charge in [-0.05, 0) is 86.6 Å². The first kappa shape index (κ1) is 39.8. The summed E-state index contributed by atoms with van der Waals surface area (Å²) in [6.07, 6.45) is 7.35. The SMILES string of the molecule is C/C=C(/C=O)[C@@H](CC=O)CC(=O)OCCc1ccc(OC(C)=O)cc1.C/C=C1\[C@H](CC(=O)OCCc2ccc(O)cc2)C[C@H]2OC(C)(C)O[C@@H]12. The maximum absolute atomic E-state index is 12.2. The zero-order valence-corrected chi connectivity index (χ0v) is 29.4. The van der Waals surface area contributed by atoms with E-state index < -0.39 is 17.7 Å². The molecule has 0 spiro atoms. The van der Waals surface area contributed by atoms with Crippen LogP contribution in [-0.4, -0.2) is 66.8 Å². The molecular formula is C39H48O11. The van der Waals surface area contributed by atoms with Crippen LogP contribution in [0.1, 0.15) is 71.4 Å². The van der Waals surface area contributed by atoms with Crippen molar-refractivity contribution in [2.45, 2.75) is 91.1 Å². The Balaban J connectivity index is 0.000000270. The number of ether oxygens (including phenoxy) is 5. The van der Waals surface area contributed by atoms with E-state index in [9.17, 15) is 29.1 Å². The highest BCUT2D eigenvalue weighted by molar-refractivity contribution is 5.78. The summed E-state index contributed by atoms with van der Waals surface area (Å²) in [6.45, 7) is 9.37. The first-order valence-electron chi connectivity index (χ1n) is 16.8. The molecule has 2 aliphatic rings. The Hall–Kier alpha value is -4.61. The topological polar surface area (TPSA) is 152 Å². The van der Waals surface area contributed by atoms with Crippen LogP contribution in [0.3, 0.4) is 0 Å². The van der Waals surface area contributed by atoms with Gasteiger partial charge in [0.05, 0.1) is 32.2 Å². The Morgan fingerprint density at radius 2 is 1.52 bits per heavy atom. The van der Waals surface area contributed by atoms with E-state index in [-0.39, 0.29) is 55.3 Å². The van der Waals surface area contributed by atoms with Crippen LogP contribution in [0.25, 0.3) is 0 Å². The molecule has 0 aromatic heterocycles. The van der Waals surface area contributed by atoms with E-state index in [1.54, 1.807) is 49.4 Å². The van der Waals surface area contributed by atoms with Crippen molar-refractivity contribution in [3.05, 3.63) is 83.0 Å². The first-order valence-corrected chi connectivity index (χ1v) is 16.8. The second kappa shape index (κ2) is 19.5. The summed E-state index contributed by atoms with van der Waals surface area (Å²) < 4.78 is 27.4. The minimum atomic E-state index is -0.556. The summed E-state index contributed by atoms with van der Waals surface area (Å²) in [5.74, 6) is -1.22. The molecule has 0 amide bonds. The highest BCUT2D eigenvalue weighted by Crippen LogP contribution is 2.45. The van der Waals surface area contributed by atoms with Gasteiger partial charge in [0.25, 0.3) is 0 Å². The van der Waals surface area contributed by atoms with E-state index in [1.165, 1.54) is 6.92 Å². The molecule has 4 rings (SSSR count). The number of hydrogen-bond acceptors (Lipinski definition) is 11. The van der Waals surface area contributed by atoms with Crippen molar-refractivity contribution in [2.75, 3.05) is 13.2 Å². The standard InChI is InChI=1S/C20H26O5.C19H22O6/c1-4-16-14(11-17-19(16)25-20(2,3)24-17)12-18(22)23-10-9-13-5-7-15(21)8-6-13;1-3-16(13-21)17(8-10-20)12-19(23)24-11-9-15-4-6-18(7-5-15)25-14(2)22/h4-8,14,17,19,21H,9-12H2,1-3H3;3-7,10,13,17H,8-9,11-12H2,1-2H3/b16-4+;16-3-/t14-,17+,19-;17-/m00/s1. The van der Waals surface area contributed by atoms with E-state index in [0.29, 0.717) is 49.8 Å². The monoisotopic (exact) mass is 692 g/mol. The predicted octanol–water partition coefficient (Wildman–Crippen LogP) is 5.79. The van der Waals surface area contributed by atoms with E-state index in [0.717, 1.165) is 23.1 Å². The lowest BCUT2D eigenvalue weighted by atomic mass is 9.93. The van der Waals surface area contributed by atoms with E-state index in [2.05, 4.69) is 0 Å². The second-order valence-corrected chi connectivity index (χ2v) is 12.6. The van der Waals surface area contributed by atoms with Crippen molar-refractivity contribution in [1.29, 1.82) is 0 Å². The normalized spacial score (nSPS) is 20.5. The molecule has 1 N–H and O–H groups in total. The molecule has 0 unspecified atom stereocenters. The lowest BCUT2D eigenvalue weighted by Gasteiger charge is -2.21. The second-order valence-electron chi connectivity index (χ2n) is 12.6. The summed E-state index contributed by atoms with van der Waals surface area (Å²) in [4.78, 5) is 56.6. The minimum Gasteiger partial charge on any atom is -0.508 e. The van der Waals surface area contributed by atoms with Gasteiger partial charge in [0, 0.05) is 32.1 Å². The molecule has 1 aliphatic carbocycles. The Labute approximate surface area is 293 Å². The van der Waals surface area contributed by atoms with Crippen LogP contribution in [0.5, 0.6) is 11.5 Å². The van der Waals surface area contributed by atoms with Gasteiger partial charge in [-0.15, -0.1) is 0 Å². The van der Waals surface area contributed by atoms with Gasteiger partial charge < -0.3 is 33.6 Å². The van der Waals surface area contributed by atoms with Gasteiger partial charge in [-0.3, -0.25) is 19.2 Å². The molecule has 50 heavy (non-hydrogen) atoms. The molecule has 0 radical (unpaired) electrons. The Morgan fingerprint density at radius 3 is 2.06 bits per heavy atom. The average molecular weight is 693 g/mol. The van der Waals surface area contributed by atoms with Crippen LogP contribution in [0.4, 0.5) is 0 Å². The number of rotatable bonds is 15. The molecule has 11 nitrogen and oxygen atoms in total. The third-order valence-corrected chi connectivity index (χ3v) is 8.41. The van der Waals surface area contributed by atoms with Crippen molar-refractivity contribution in [1.82, 2.24) is 0 Å². The van der Waals surface area contributed by atoms with Gasteiger partial charge in [-0.1, -0.05) is 36.4 Å². The summed E-state index contributed by atoms with van der Waals surface area (Å²) in [5, 5.41) is 9.27. The van der Waals surface area contributed by atoms with Crippen LogP contribution in [0.15, 0.2) is 71.8 Å². The van der Waals surface area contributed by atoms with Gasteiger partial charge in [0.2, 0.25) is 0 Å². The van der Waals surface area contributed by atoms with Gasteiger partial charge in [-0.2, -0.15) is 0 Å². The summed E-state index contributed by atoms with van der Waals surface area (Å²) in [5.41, 5.74) is 3.52. The maximum Gasteiger partial charge on any atom is 0.308 e. The zero-order chi connectivity index (χ0) is 36.7. The molecular weight excluding hydrogens is 644 g/mol. The van der Waals surface area contributed by atoms with Gasteiger partial charge >= 0.3 is 17.9 Å². The lowest BCUT2D eigenvalue weighted by Crippen LogP contribution is -2.24. The molecule has 2 aromatic rings. The van der Waals surface area contributed by atoms with Crippen LogP contribution in [0, 0.1) is 11.8 Å². The number of allylic oxidation sites excluding steroid dienone is 3. The number of phenols is 1. The summed E-state index contributed by atoms with van der Waals surface area (Å²) in [7, 11) is 0. The number of esters is 3. The van der Waals surface area contributed by atoms with Crippen molar-refractivity contribution in [2.24, 2.45) is 11.8 Å². The molecule has 4 atom stereocenters. The largest absolute Gasteiger partial charge is 0.508 e. The number of fused-ring (bicyclic) bond motifs is 1. The molecule has 1 saturated carbocycles. The third kappa shape index (κ3) is 12.7. The molecule has 1 heterocycles. The number of hydrogen-bond donors (Lipinski definition) is 1. The first-order chi connectivity index (χ1) is 23.9. The van der Waals surface area contributed by atoms with Crippen LogP contribution in [0.2, 0.25) is 0 Å². The zero-order valence-electron chi connectivity index (χ0n) is 29.4. The van der Waals surface area contributed by atoms with E-state index >= 15 is 0 Å². The molecule has 1 saturated heterocycles. The number of aldehydes is 2. The summed E-state index contributed by atoms with van der Waals surface area (Å²) in [6, 6.07) is 13.8. The quantitative estimate of drug-likeness (QED) is 0.0794. The molecule has 1 aliphatic heterocycles. The van der Waals surface area contributed by atoms with Crippen LogP contribution < -0.4 is 4.74 Å². The van der Waals surface area contributed by atoms with E-state index in [1.807, 2.05) is 39.0 Å². The Morgan fingerprint density at radius 1 is 0.920 bits per heavy atom. The van der Waals surface area contributed by atoms with Crippen molar-refractivity contribution in [3.63, 3.8) is 0 Å². The van der Waals surface area contributed by atoms with Gasteiger partial charge in [-0.25, -0.2) is 0 Å². The van der Waals surface area contributed by atoms with Crippen molar-refractivity contribution in [3.8, 4) is 11.5 Å². The number of carbonyl (C=O) groups excluding carboxylic acids is 5. The van der Waals surface area contributed by atoms with Crippen LogP contribution >= 0.6 is 0 Å². The third-order valence-electron chi connectivity index (χ3n) is 8.41. The molecule has 2 aromatic carbocycles. The number of aromatic hydroxyl groups is 1. The highest BCUT2D eigenvalue weighted by atomic mass is 16.8. The van der Waals surface area contributed by atoms with Crippen LogP contribution in [-0.2, 0) is 55.8 Å². The fourth-order valence-electron chi connectivity index (χ4n) is 6.03. The minimum absolute atomic E-state index is 0.0114. The van der Waals surface area contributed by atoms with E-state index in [4.69, 9.17) is 23.7 Å².